The van der Waals surface area contributed by atoms with Gasteiger partial charge in [-0.1, -0.05) is 24.3 Å². The van der Waals surface area contributed by atoms with E-state index < -0.39 is 11.0 Å². The third kappa shape index (κ3) is 4.69. The van der Waals surface area contributed by atoms with E-state index in [2.05, 4.69) is 58.2 Å². The van der Waals surface area contributed by atoms with Gasteiger partial charge >= 0.3 is 0 Å². The van der Waals surface area contributed by atoms with Gasteiger partial charge in [0.2, 0.25) is 0 Å². The van der Waals surface area contributed by atoms with Gasteiger partial charge in [-0.2, -0.15) is 10.4 Å². The molecule has 33 heavy (non-hydrogen) atoms. The number of hydrogen-bond acceptors (Lipinski definition) is 6. The highest BCUT2D eigenvalue weighted by molar-refractivity contribution is 5.52. The number of allylic oxidation sites excluding steroid dienone is 4. The van der Waals surface area contributed by atoms with Gasteiger partial charge in [-0.15, -0.1) is 5.10 Å². The van der Waals surface area contributed by atoms with Crippen molar-refractivity contribution in [3.8, 4) is 6.07 Å². The molecule has 0 aromatic carbocycles. The van der Waals surface area contributed by atoms with Gasteiger partial charge in [-0.25, -0.2) is 0 Å². The van der Waals surface area contributed by atoms with Crippen LogP contribution in [0.4, 0.5) is 5.82 Å². The second-order valence-corrected chi connectivity index (χ2v) is 9.83. The Kier molecular flexibility index (Phi) is 6.36. The Balaban J connectivity index is 1.50. The van der Waals surface area contributed by atoms with Crippen LogP contribution < -0.4 is 4.90 Å². The summed E-state index contributed by atoms with van der Waals surface area (Å²) in [5.74, 6) is 0.918. The molecule has 6 heteroatoms. The molecule has 1 N–H and O–H groups in total. The van der Waals surface area contributed by atoms with Gasteiger partial charge in [0.15, 0.2) is 5.82 Å². The minimum atomic E-state index is -0.946. The van der Waals surface area contributed by atoms with Gasteiger partial charge in [0, 0.05) is 31.3 Å². The van der Waals surface area contributed by atoms with Crippen molar-refractivity contribution in [3.05, 3.63) is 70.2 Å². The van der Waals surface area contributed by atoms with E-state index in [-0.39, 0.29) is 0 Å². The molecule has 1 aliphatic heterocycles. The SMILES string of the molecule is Cc1c(CC2=CCCC=C2)nnc(N2CCC(C#N)(c3ccc(C(C)(C)O)cn3)CC2)c1C. The lowest BCUT2D eigenvalue weighted by Gasteiger charge is -2.38. The average molecular weight is 444 g/mol. The van der Waals surface area contributed by atoms with Crippen molar-refractivity contribution in [3.63, 3.8) is 0 Å². The molecule has 1 saturated heterocycles. The van der Waals surface area contributed by atoms with Gasteiger partial charge in [0.25, 0.3) is 0 Å². The molecule has 2 aromatic heterocycles. The van der Waals surface area contributed by atoms with Gasteiger partial charge < -0.3 is 10.0 Å². The summed E-state index contributed by atoms with van der Waals surface area (Å²) in [5, 5.41) is 29.5. The monoisotopic (exact) mass is 443 g/mol. The molecule has 0 spiro atoms. The molecule has 0 amide bonds. The molecule has 1 aliphatic carbocycles. The van der Waals surface area contributed by atoms with Crippen LogP contribution in [0, 0.1) is 25.2 Å². The topological polar surface area (TPSA) is 85.9 Å². The van der Waals surface area contributed by atoms with Crippen molar-refractivity contribution in [2.45, 2.75) is 70.8 Å². The fourth-order valence-electron chi connectivity index (χ4n) is 4.67. The first kappa shape index (κ1) is 23.1. The van der Waals surface area contributed by atoms with Crippen molar-refractivity contribution in [2.75, 3.05) is 18.0 Å². The molecular formula is C27H33N5O. The van der Waals surface area contributed by atoms with Crippen molar-refractivity contribution in [1.29, 1.82) is 5.26 Å². The van der Waals surface area contributed by atoms with Gasteiger partial charge in [0.05, 0.1) is 23.1 Å². The lowest BCUT2D eigenvalue weighted by Crippen LogP contribution is -2.43. The second kappa shape index (κ2) is 9.07. The summed E-state index contributed by atoms with van der Waals surface area (Å²) in [6, 6.07) is 6.32. The molecule has 6 nitrogen and oxygen atoms in total. The van der Waals surface area contributed by atoms with Crippen LogP contribution in [-0.2, 0) is 17.4 Å². The quantitative estimate of drug-likeness (QED) is 0.727. The number of nitrogens with zero attached hydrogens (tertiary/aromatic N) is 5. The third-order valence-electron chi connectivity index (χ3n) is 7.13. The molecule has 0 unspecified atom stereocenters. The Bertz CT molecular complexity index is 1110. The molecule has 2 aliphatic rings. The van der Waals surface area contributed by atoms with Gasteiger partial charge in [0.1, 0.15) is 5.41 Å². The molecule has 0 atom stereocenters. The summed E-state index contributed by atoms with van der Waals surface area (Å²) in [5.41, 5.74) is 4.67. The first-order chi connectivity index (χ1) is 15.7. The van der Waals surface area contributed by atoms with Gasteiger partial charge in [-0.3, -0.25) is 4.98 Å². The highest BCUT2D eigenvalue weighted by atomic mass is 16.3. The van der Waals surface area contributed by atoms with E-state index in [1.807, 2.05) is 12.1 Å². The van der Waals surface area contributed by atoms with Crippen LogP contribution in [0.15, 0.2) is 42.1 Å². The lowest BCUT2D eigenvalue weighted by molar-refractivity contribution is 0.0781. The number of hydrogen-bond donors (Lipinski definition) is 1. The second-order valence-electron chi connectivity index (χ2n) is 9.83. The maximum absolute atomic E-state index is 10.2. The lowest BCUT2D eigenvalue weighted by atomic mass is 9.76. The fourth-order valence-corrected chi connectivity index (χ4v) is 4.67. The van der Waals surface area contributed by atoms with Crippen molar-refractivity contribution in [2.24, 2.45) is 0 Å². The minimum Gasteiger partial charge on any atom is -0.386 e. The standard InChI is InChI=1S/C27H33N5O/c1-19-20(2)25(31-30-23(19)16-21-8-6-5-7-9-21)32-14-12-27(18-28,13-15-32)24-11-10-22(17-29-24)26(3,4)33/h6,8-11,17,33H,5,7,12-16H2,1-4H3. The average Bonchev–Trinajstić information content (AvgIpc) is 2.83. The fraction of sp³-hybridized carbons (Fsp3) is 0.481. The summed E-state index contributed by atoms with van der Waals surface area (Å²) >= 11 is 0. The zero-order chi connectivity index (χ0) is 23.6. The van der Waals surface area contributed by atoms with Crippen LogP contribution in [0.1, 0.15) is 67.6 Å². The van der Waals surface area contributed by atoms with Crippen molar-refractivity contribution < 1.29 is 5.11 Å². The van der Waals surface area contributed by atoms with Crippen LogP contribution >= 0.6 is 0 Å². The summed E-state index contributed by atoms with van der Waals surface area (Å²) in [6.07, 6.45) is 12.8. The number of anilines is 1. The molecule has 4 rings (SSSR count). The number of aliphatic hydroxyl groups is 1. The van der Waals surface area contributed by atoms with E-state index in [1.54, 1.807) is 20.0 Å². The van der Waals surface area contributed by atoms with Crippen LogP contribution in [0.2, 0.25) is 0 Å². The van der Waals surface area contributed by atoms with E-state index in [4.69, 9.17) is 0 Å². The normalized spacial score (nSPS) is 18.1. The molecule has 0 saturated carbocycles. The van der Waals surface area contributed by atoms with Crippen molar-refractivity contribution in [1.82, 2.24) is 15.2 Å². The first-order valence-corrected chi connectivity index (χ1v) is 11.8. The molecule has 0 bridgehead atoms. The van der Waals surface area contributed by atoms with Crippen LogP contribution in [0.5, 0.6) is 0 Å². The van der Waals surface area contributed by atoms with E-state index in [1.165, 1.54) is 11.1 Å². The Morgan fingerprint density at radius 3 is 2.45 bits per heavy atom. The van der Waals surface area contributed by atoms with Gasteiger partial charge in [-0.05, 0) is 76.1 Å². The number of rotatable bonds is 5. The number of pyridine rings is 1. The summed E-state index contributed by atoms with van der Waals surface area (Å²) in [4.78, 5) is 6.82. The Morgan fingerprint density at radius 1 is 1.12 bits per heavy atom. The molecular weight excluding hydrogens is 410 g/mol. The first-order valence-electron chi connectivity index (χ1n) is 11.8. The van der Waals surface area contributed by atoms with Crippen LogP contribution in [0.25, 0.3) is 0 Å². The highest BCUT2D eigenvalue weighted by Crippen LogP contribution is 2.36. The summed E-state index contributed by atoms with van der Waals surface area (Å²) in [7, 11) is 0. The van der Waals surface area contributed by atoms with Crippen LogP contribution in [-0.4, -0.2) is 33.4 Å². The maximum atomic E-state index is 10.2. The zero-order valence-electron chi connectivity index (χ0n) is 20.1. The maximum Gasteiger partial charge on any atom is 0.154 e. The number of piperidine rings is 1. The Labute approximate surface area is 196 Å². The largest absolute Gasteiger partial charge is 0.386 e. The van der Waals surface area contributed by atoms with E-state index in [0.717, 1.165) is 60.7 Å². The van der Waals surface area contributed by atoms with E-state index >= 15 is 0 Å². The highest BCUT2D eigenvalue weighted by Gasteiger charge is 2.39. The smallest absolute Gasteiger partial charge is 0.154 e. The molecule has 0 radical (unpaired) electrons. The number of aromatic nitrogens is 3. The zero-order valence-corrected chi connectivity index (χ0v) is 20.1. The Morgan fingerprint density at radius 2 is 1.88 bits per heavy atom. The predicted molar refractivity (Wildman–Crippen MR) is 130 cm³/mol. The third-order valence-corrected chi connectivity index (χ3v) is 7.13. The Hall–Kier alpha value is -3.04. The summed E-state index contributed by atoms with van der Waals surface area (Å²) < 4.78 is 0. The summed E-state index contributed by atoms with van der Waals surface area (Å²) in [6.45, 7) is 9.18. The van der Waals surface area contributed by atoms with E-state index in [9.17, 15) is 10.4 Å². The molecule has 2 aromatic rings. The van der Waals surface area contributed by atoms with Crippen LogP contribution in [0.3, 0.4) is 0 Å². The van der Waals surface area contributed by atoms with Crippen molar-refractivity contribution >= 4 is 5.82 Å². The minimum absolute atomic E-state index is 0.620. The predicted octanol–water partition coefficient (Wildman–Crippen LogP) is 4.60. The number of nitriles is 1. The van der Waals surface area contributed by atoms with E-state index in [0.29, 0.717) is 12.8 Å². The molecule has 172 valence electrons. The molecule has 3 heterocycles. The molecule has 1 fully saturated rings.